The first-order chi connectivity index (χ1) is 8.39. The van der Waals surface area contributed by atoms with Gasteiger partial charge in [0.2, 0.25) is 0 Å². The van der Waals surface area contributed by atoms with Crippen LogP contribution in [-0.4, -0.2) is 8.42 Å². The molecule has 0 aliphatic carbocycles. The molecule has 0 bridgehead atoms. The molecular weight excluding hydrogens is 291 g/mol. The fraction of sp³-hybridized carbons (Fsp3) is 0.0769. The van der Waals surface area contributed by atoms with Crippen molar-refractivity contribution >= 4 is 31.3 Å². The quantitative estimate of drug-likeness (QED) is 0.777. The molecule has 2 aromatic rings. The maximum absolute atomic E-state index is 11.3. The molecule has 0 spiro atoms. The molecule has 0 atom stereocenters. The molecule has 0 N–H and O–H groups in total. The van der Waals surface area contributed by atoms with Crippen molar-refractivity contribution in [2.75, 3.05) is 0 Å². The smallest absolute Gasteiger partial charge is 0.207 e. The van der Waals surface area contributed by atoms with E-state index in [1.165, 1.54) is 12.1 Å². The Morgan fingerprint density at radius 1 is 1.00 bits per heavy atom. The molecule has 18 heavy (non-hydrogen) atoms. The maximum Gasteiger partial charge on any atom is 0.261 e. The molecule has 2 rings (SSSR count). The van der Waals surface area contributed by atoms with Gasteiger partial charge in [-0.15, -0.1) is 0 Å². The first-order valence-electron chi connectivity index (χ1n) is 5.20. The zero-order chi connectivity index (χ0) is 13.3. The summed E-state index contributed by atoms with van der Waals surface area (Å²) in [6.45, 7) is 1.94. The van der Waals surface area contributed by atoms with E-state index >= 15 is 0 Å². The largest absolute Gasteiger partial charge is 0.261 e. The maximum atomic E-state index is 11.3. The van der Waals surface area contributed by atoms with Crippen molar-refractivity contribution in [1.29, 1.82) is 0 Å². The highest BCUT2D eigenvalue weighted by Gasteiger charge is 2.14. The first-order valence-corrected chi connectivity index (χ1v) is 7.88. The third-order valence-electron chi connectivity index (χ3n) is 2.65. The van der Waals surface area contributed by atoms with Crippen LogP contribution in [0.25, 0.3) is 11.1 Å². The standard InChI is InChI=1S/C13H10Cl2O2S/c1-9-4-2-3-5-11(9)12-8-10(18(15,16)17)6-7-13(12)14/h2-8H,1H3. The van der Waals surface area contributed by atoms with Crippen molar-refractivity contribution in [2.24, 2.45) is 0 Å². The molecule has 2 aromatic carbocycles. The highest BCUT2D eigenvalue weighted by molar-refractivity contribution is 8.13. The molecule has 0 fully saturated rings. The molecule has 0 unspecified atom stereocenters. The fourth-order valence-electron chi connectivity index (χ4n) is 1.74. The number of rotatable bonds is 2. The molecule has 94 valence electrons. The zero-order valence-corrected chi connectivity index (χ0v) is 11.9. The topological polar surface area (TPSA) is 34.1 Å². The lowest BCUT2D eigenvalue weighted by Crippen LogP contribution is -1.92. The lowest BCUT2D eigenvalue weighted by molar-refractivity contribution is 0.609. The van der Waals surface area contributed by atoms with Gasteiger partial charge < -0.3 is 0 Å². The highest BCUT2D eigenvalue weighted by atomic mass is 35.7. The van der Waals surface area contributed by atoms with E-state index in [4.69, 9.17) is 22.3 Å². The summed E-state index contributed by atoms with van der Waals surface area (Å²) in [7, 11) is 1.59. The van der Waals surface area contributed by atoms with Crippen LogP contribution in [0.1, 0.15) is 5.56 Å². The van der Waals surface area contributed by atoms with Crippen LogP contribution < -0.4 is 0 Å². The SMILES string of the molecule is Cc1ccccc1-c1cc(S(=O)(=O)Cl)ccc1Cl. The Morgan fingerprint density at radius 2 is 1.67 bits per heavy atom. The van der Waals surface area contributed by atoms with Crippen LogP contribution >= 0.6 is 22.3 Å². The lowest BCUT2D eigenvalue weighted by atomic mass is 10.0. The van der Waals surface area contributed by atoms with Gasteiger partial charge in [0.1, 0.15) is 0 Å². The first kappa shape index (κ1) is 13.4. The third kappa shape index (κ3) is 2.69. The molecular formula is C13H10Cl2O2S. The monoisotopic (exact) mass is 300 g/mol. The van der Waals surface area contributed by atoms with Crippen LogP contribution in [0.15, 0.2) is 47.4 Å². The predicted octanol–water partition coefficient (Wildman–Crippen LogP) is 4.24. The van der Waals surface area contributed by atoms with Crippen molar-refractivity contribution < 1.29 is 8.42 Å². The number of hydrogen-bond acceptors (Lipinski definition) is 2. The van der Waals surface area contributed by atoms with Crippen LogP contribution in [0.5, 0.6) is 0 Å². The minimum atomic E-state index is -3.75. The van der Waals surface area contributed by atoms with Crippen molar-refractivity contribution in [1.82, 2.24) is 0 Å². The minimum Gasteiger partial charge on any atom is -0.207 e. The predicted molar refractivity (Wildman–Crippen MR) is 74.7 cm³/mol. The molecule has 0 amide bonds. The molecule has 0 aliphatic heterocycles. The molecule has 5 heteroatoms. The lowest BCUT2D eigenvalue weighted by Gasteiger charge is -2.09. The second kappa shape index (κ2) is 4.92. The van der Waals surface area contributed by atoms with Crippen molar-refractivity contribution in [3.8, 4) is 11.1 Å². The molecule has 0 aromatic heterocycles. The van der Waals surface area contributed by atoms with Gasteiger partial charge in [-0.3, -0.25) is 0 Å². The fourth-order valence-corrected chi connectivity index (χ4v) is 2.73. The Labute approximate surface area is 116 Å². The molecule has 2 nitrogen and oxygen atoms in total. The van der Waals surface area contributed by atoms with E-state index < -0.39 is 9.05 Å². The number of aryl methyl sites for hydroxylation is 1. The molecule has 0 saturated carbocycles. The Morgan fingerprint density at radius 3 is 2.28 bits per heavy atom. The van der Waals surface area contributed by atoms with E-state index in [0.29, 0.717) is 10.6 Å². The van der Waals surface area contributed by atoms with Crippen LogP contribution in [0, 0.1) is 6.92 Å². The van der Waals surface area contributed by atoms with Crippen molar-refractivity contribution in [2.45, 2.75) is 11.8 Å². The molecule has 0 radical (unpaired) electrons. The Kier molecular flexibility index (Phi) is 3.66. The van der Waals surface area contributed by atoms with Crippen molar-refractivity contribution in [3.63, 3.8) is 0 Å². The zero-order valence-electron chi connectivity index (χ0n) is 9.52. The average molecular weight is 301 g/mol. The van der Waals surface area contributed by atoms with Gasteiger partial charge in [-0.2, -0.15) is 0 Å². The number of benzene rings is 2. The van der Waals surface area contributed by atoms with Gasteiger partial charge in [0.05, 0.1) is 4.90 Å². The molecule has 0 heterocycles. The Balaban J connectivity index is 2.69. The third-order valence-corrected chi connectivity index (χ3v) is 4.34. The van der Waals surface area contributed by atoms with E-state index in [2.05, 4.69) is 0 Å². The second-order valence-corrected chi connectivity index (χ2v) is 6.87. The second-order valence-electron chi connectivity index (χ2n) is 3.89. The van der Waals surface area contributed by atoms with E-state index in [1.54, 1.807) is 6.07 Å². The summed E-state index contributed by atoms with van der Waals surface area (Å²) in [5, 5.41) is 0.494. The molecule has 0 aliphatic rings. The summed E-state index contributed by atoms with van der Waals surface area (Å²) in [6, 6.07) is 12.0. The van der Waals surface area contributed by atoms with E-state index in [0.717, 1.165) is 11.1 Å². The summed E-state index contributed by atoms with van der Waals surface area (Å²) in [5.74, 6) is 0. The highest BCUT2D eigenvalue weighted by Crippen LogP contribution is 2.32. The van der Waals surface area contributed by atoms with Gasteiger partial charge in [-0.25, -0.2) is 8.42 Å². The van der Waals surface area contributed by atoms with E-state index in [9.17, 15) is 8.42 Å². The van der Waals surface area contributed by atoms with E-state index in [-0.39, 0.29) is 4.90 Å². The minimum absolute atomic E-state index is 0.0480. The van der Waals surface area contributed by atoms with Crippen LogP contribution in [0.2, 0.25) is 5.02 Å². The average Bonchev–Trinajstić information content (AvgIpc) is 2.29. The van der Waals surface area contributed by atoms with Crippen molar-refractivity contribution in [3.05, 3.63) is 53.1 Å². The van der Waals surface area contributed by atoms with Gasteiger partial charge in [0, 0.05) is 21.3 Å². The van der Waals surface area contributed by atoms with Gasteiger partial charge in [-0.1, -0.05) is 35.9 Å². The summed E-state index contributed by atoms with van der Waals surface area (Å²) in [4.78, 5) is 0.0480. The van der Waals surface area contributed by atoms with E-state index in [1.807, 2.05) is 31.2 Å². The molecule has 0 saturated heterocycles. The van der Waals surface area contributed by atoms with Gasteiger partial charge >= 0.3 is 0 Å². The van der Waals surface area contributed by atoms with Crippen LogP contribution in [0.4, 0.5) is 0 Å². The van der Waals surface area contributed by atoms with Crippen LogP contribution in [0.3, 0.4) is 0 Å². The Bertz CT molecular complexity index is 694. The summed E-state index contributed by atoms with van der Waals surface area (Å²) in [6.07, 6.45) is 0. The number of hydrogen-bond donors (Lipinski definition) is 0. The van der Waals surface area contributed by atoms with Crippen LogP contribution in [-0.2, 0) is 9.05 Å². The summed E-state index contributed by atoms with van der Waals surface area (Å²) >= 11 is 6.11. The normalized spacial score (nSPS) is 11.5. The summed E-state index contributed by atoms with van der Waals surface area (Å²) < 4.78 is 22.7. The number of halogens is 2. The van der Waals surface area contributed by atoms with Gasteiger partial charge in [0.15, 0.2) is 0 Å². The van der Waals surface area contributed by atoms with Gasteiger partial charge in [0.25, 0.3) is 9.05 Å². The Hall–Kier alpha value is -1.03. The van der Waals surface area contributed by atoms with Gasteiger partial charge in [-0.05, 0) is 36.2 Å². The summed E-state index contributed by atoms with van der Waals surface area (Å²) in [5.41, 5.74) is 2.57.